The highest BCUT2D eigenvalue weighted by Gasteiger charge is 2.03. The topological polar surface area (TPSA) is 35.2 Å². The Bertz CT molecular complexity index is 505. The van der Waals surface area contributed by atoms with Crippen molar-refractivity contribution >= 4 is 0 Å². The van der Waals surface area contributed by atoms with Gasteiger partial charge in [0.05, 0.1) is 0 Å². The second-order valence-corrected chi connectivity index (χ2v) is 4.50. The normalized spacial score (nSPS) is 12.2. The maximum absolute atomic E-state index is 5.98. The maximum atomic E-state index is 5.98. The summed E-state index contributed by atoms with van der Waals surface area (Å²) in [5, 5.41) is 0. The molecule has 18 heavy (non-hydrogen) atoms. The molecule has 0 saturated heterocycles. The van der Waals surface area contributed by atoms with E-state index in [1.807, 2.05) is 42.5 Å². The van der Waals surface area contributed by atoms with Crippen molar-refractivity contribution in [2.45, 2.75) is 26.3 Å². The number of nitrogens with two attached hydrogens (primary N) is 1. The zero-order chi connectivity index (χ0) is 13.0. The molecular weight excluding hydrogens is 222 g/mol. The van der Waals surface area contributed by atoms with E-state index in [2.05, 4.69) is 19.9 Å². The highest BCUT2D eigenvalue weighted by molar-refractivity contribution is 5.35. The summed E-state index contributed by atoms with van der Waals surface area (Å²) in [6.45, 7) is 4.14. The first kappa shape index (κ1) is 12.7. The van der Waals surface area contributed by atoms with E-state index in [9.17, 15) is 0 Å². The van der Waals surface area contributed by atoms with Crippen molar-refractivity contribution in [3.05, 3.63) is 59.7 Å². The Balaban J connectivity index is 2.11. The minimum atomic E-state index is 0.109. The molecule has 0 spiro atoms. The van der Waals surface area contributed by atoms with Crippen molar-refractivity contribution in [3.8, 4) is 11.5 Å². The Morgan fingerprint density at radius 2 is 1.78 bits per heavy atom. The first-order valence-corrected chi connectivity index (χ1v) is 6.29. The highest BCUT2D eigenvalue weighted by Crippen LogP contribution is 2.24. The largest absolute Gasteiger partial charge is 0.457 e. The second-order valence-electron chi connectivity index (χ2n) is 4.50. The number of ether oxygens (including phenoxy) is 1. The molecule has 2 heteroatoms. The van der Waals surface area contributed by atoms with E-state index < -0.39 is 0 Å². The Hall–Kier alpha value is -1.80. The number of hydrogen-bond donors (Lipinski definition) is 1. The average molecular weight is 241 g/mol. The van der Waals surface area contributed by atoms with Gasteiger partial charge in [0.2, 0.25) is 0 Å². The number of hydrogen-bond acceptors (Lipinski definition) is 2. The molecule has 2 nitrogen and oxygen atoms in total. The SMILES string of the molecule is CC[C@H](N)c1ccc(Oc2cccc(C)c2)cc1. The van der Waals surface area contributed by atoms with Crippen LogP contribution in [0.2, 0.25) is 0 Å². The van der Waals surface area contributed by atoms with Gasteiger partial charge in [0.15, 0.2) is 0 Å². The van der Waals surface area contributed by atoms with Gasteiger partial charge in [0, 0.05) is 6.04 Å². The van der Waals surface area contributed by atoms with E-state index in [1.54, 1.807) is 0 Å². The van der Waals surface area contributed by atoms with Gasteiger partial charge in [-0.2, -0.15) is 0 Å². The van der Waals surface area contributed by atoms with Gasteiger partial charge in [-0.05, 0) is 48.7 Å². The van der Waals surface area contributed by atoms with Crippen LogP contribution in [0.5, 0.6) is 11.5 Å². The zero-order valence-electron chi connectivity index (χ0n) is 10.9. The molecule has 0 aliphatic heterocycles. The third kappa shape index (κ3) is 3.11. The van der Waals surface area contributed by atoms with Gasteiger partial charge < -0.3 is 10.5 Å². The summed E-state index contributed by atoms with van der Waals surface area (Å²) >= 11 is 0. The molecule has 0 radical (unpaired) electrons. The van der Waals surface area contributed by atoms with Crippen molar-refractivity contribution in [3.63, 3.8) is 0 Å². The van der Waals surface area contributed by atoms with Crippen molar-refractivity contribution in [1.29, 1.82) is 0 Å². The first-order valence-electron chi connectivity index (χ1n) is 6.29. The van der Waals surface area contributed by atoms with Gasteiger partial charge in [-0.15, -0.1) is 0 Å². The van der Waals surface area contributed by atoms with Crippen LogP contribution in [0.3, 0.4) is 0 Å². The molecule has 0 aliphatic rings. The molecule has 0 bridgehead atoms. The highest BCUT2D eigenvalue weighted by atomic mass is 16.5. The predicted octanol–water partition coefficient (Wildman–Crippen LogP) is 4.20. The molecule has 0 saturated carbocycles. The molecule has 0 aromatic heterocycles. The number of rotatable bonds is 4. The molecule has 2 rings (SSSR count). The average Bonchev–Trinajstić information content (AvgIpc) is 2.39. The third-order valence-electron chi connectivity index (χ3n) is 2.97. The fraction of sp³-hybridized carbons (Fsp3) is 0.250. The van der Waals surface area contributed by atoms with Gasteiger partial charge in [0.1, 0.15) is 11.5 Å². The lowest BCUT2D eigenvalue weighted by Crippen LogP contribution is -2.07. The molecule has 0 aliphatic carbocycles. The van der Waals surface area contributed by atoms with E-state index in [-0.39, 0.29) is 6.04 Å². The molecule has 2 N–H and O–H groups in total. The van der Waals surface area contributed by atoms with Crippen LogP contribution in [-0.2, 0) is 0 Å². The summed E-state index contributed by atoms with van der Waals surface area (Å²) < 4.78 is 5.79. The van der Waals surface area contributed by atoms with E-state index >= 15 is 0 Å². The van der Waals surface area contributed by atoms with Gasteiger partial charge in [-0.1, -0.05) is 31.2 Å². The monoisotopic (exact) mass is 241 g/mol. The van der Waals surface area contributed by atoms with Crippen molar-refractivity contribution in [2.24, 2.45) is 5.73 Å². The molecule has 1 atom stereocenters. The molecule has 0 unspecified atom stereocenters. The zero-order valence-corrected chi connectivity index (χ0v) is 10.9. The first-order chi connectivity index (χ1) is 8.69. The van der Waals surface area contributed by atoms with Crippen molar-refractivity contribution in [1.82, 2.24) is 0 Å². The van der Waals surface area contributed by atoms with E-state index in [4.69, 9.17) is 10.5 Å². The summed E-state index contributed by atoms with van der Waals surface area (Å²) in [7, 11) is 0. The Kier molecular flexibility index (Phi) is 4.00. The second kappa shape index (κ2) is 5.69. The summed E-state index contributed by atoms with van der Waals surface area (Å²) in [5.41, 5.74) is 8.32. The quantitative estimate of drug-likeness (QED) is 0.870. The molecule has 2 aromatic carbocycles. The van der Waals surface area contributed by atoms with Crippen LogP contribution < -0.4 is 10.5 Å². The Morgan fingerprint density at radius 1 is 1.06 bits per heavy atom. The van der Waals surface area contributed by atoms with Gasteiger partial charge in [0.25, 0.3) is 0 Å². The molecule has 0 amide bonds. The summed E-state index contributed by atoms with van der Waals surface area (Å²) in [6.07, 6.45) is 0.943. The lowest BCUT2D eigenvalue weighted by atomic mass is 10.1. The minimum absolute atomic E-state index is 0.109. The summed E-state index contributed by atoms with van der Waals surface area (Å²) in [6, 6.07) is 16.1. The molecule has 0 fully saturated rings. The van der Waals surface area contributed by atoms with Crippen molar-refractivity contribution in [2.75, 3.05) is 0 Å². The third-order valence-corrected chi connectivity index (χ3v) is 2.97. The number of benzene rings is 2. The van der Waals surface area contributed by atoms with Crippen LogP contribution in [0.15, 0.2) is 48.5 Å². The van der Waals surface area contributed by atoms with E-state index in [0.29, 0.717) is 0 Å². The van der Waals surface area contributed by atoms with Gasteiger partial charge in [-0.25, -0.2) is 0 Å². The molecule has 94 valence electrons. The van der Waals surface area contributed by atoms with E-state index in [1.165, 1.54) is 5.56 Å². The van der Waals surface area contributed by atoms with Crippen LogP contribution in [0, 0.1) is 6.92 Å². The lowest BCUT2D eigenvalue weighted by Gasteiger charge is -2.11. The van der Waals surface area contributed by atoms with Crippen LogP contribution in [0.4, 0.5) is 0 Å². The Morgan fingerprint density at radius 3 is 2.39 bits per heavy atom. The van der Waals surface area contributed by atoms with Gasteiger partial charge >= 0.3 is 0 Å². The predicted molar refractivity (Wildman–Crippen MR) is 74.9 cm³/mol. The standard InChI is InChI=1S/C16H19NO/c1-3-16(17)13-7-9-14(10-8-13)18-15-6-4-5-12(2)11-15/h4-11,16H,3,17H2,1-2H3/t16-/m0/s1. The minimum Gasteiger partial charge on any atom is -0.457 e. The van der Waals surface area contributed by atoms with Crippen LogP contribution in [0.1, 0.15) is 30.5 Å². The molecule has 0 heterocycles. The summed E-state index contributed by atoms with van der Waals surface area (Å²) in [5.74, 6) is 1.70. The maximum Gasteiger partial charge on any atom is 0.127 e. The Labute approximate surface area is 108 Å². The van der Waals surface area contributed by atoms with Crippen LogP contribution in [-0.4, -0.2) is 0 Å². The molecular formula is C16H19NO. The fourth-order valence-corrected chi connectivity index (χ4v) is 1.83. The van der Waals surface area contributed by atoms with Gasteiger partial charge in [-0.3, -0.25) is 0 Å². The van der Waals surface area contributed by atoms with E-state index in [0.717, 1.165) is 23.5 Å². The van der Waals surface area contributed by atoms with Crippen LogP contribution in [0.25, 0.3) is 0 Å². The smallest absolute Gasteiger partial charge is 0.127 e. The lowest BCUT2D eigenvalue weighted by molar-refractivity contribution is 0.482. The van der Waals surface area contributed by atoms with Crippen LogP contribution >= 0.6 is 0 Å². The number of aryl methyl sites for hydroxylation is 1. The molecule has 2 aromatic rings. The fourth-order valence-electron chi connectivity index (χ4n) is 1.83. The van der Waals surface area contributed by atoms with Crippen molar-refractivity contribution < 1.29 is 4.74 Å². The summed E-state index contributed by atoms with van der Waals surface area (Å²) in [4.78, 5) is 0.